The zero-order chi connectivity index (χ0) is 31.0. The first-order chi connectivity index (χ1) is 19.9. The Morgan fingerprint density at radius 3 is 2.48 bits per heavy atom. The highest BCUT2D eigenvalue weighted by Crippen LogP contribution is 2.27. The zero-order valence-electron chi connectivity index (χ0n) is 24.6. The number of rotatable bonds is 14. The molecule has 0 aliphatic rings. The number of para-hydroxylation sites is 1. The number of hydrogen-bond donors (Lipinski definition) is 2. The topological polar surface area (TPSA) is 97.6 Å². The van der Waals surface area contributed by atoms with E-state index in [2.05, 4.69) is 10.6 Å². The van der Waals surface area contributed by atoms with Crippen LogP contribution >= 0.6 is 11.6 Å². The van der Waals surface area contributed by atoms with Gasteiger partial charge in [-0.05, 0) is 37.6 Å². The molecule has 3 rings (SSSR count). The number of amides is 2. The van der Waals surface area contributed by atoms with Gasteiger partial charge in [-0.15, -0.1) is 0 Å². The number of nitrogens with one attached hydrogen (secondary N) is 2. The molecule has 228 valence electrons. The molecule has 0 unspecified atom stereocenters. The molecule has 0 saturated carbocycles. The Balaban J connectivity index is 1.78. The lowest BCUT2D eigenvalue weighted by Crippen LogP contribution is -2.37. The molecule has 3 aromatic rings. The van der Waals surface area contributed by atoms with Crippen molar-refractivity contribution in [1.82, 2.24) is 19.6 Å². The average molecular weight is 606 g/mol. The fourth-order valence-electron chi connectivity index (χ4n) is 4.55. The van der Waals surface area contributed by atoms with E-state index in [4.69, 9.17) is 16.3 Å². The van der Waals surface area contributed by atoms with Crippen molar-refractivity contribution in [3.8, 4) is 11.4 Å². The summed E-state index contributed by atoms with van der Waals surface area (Å²) in [6, 6.07) is 11.3. The molecular formula is C30H38ClF2N5O4. The molecule has 0 fully saturated rings. The minimum atomic E-state index is -0.718. The SMILES string of the molecule is CCOc1cc(F)c(Cl)cc1C(=O)NCC(C)(C)CC(=O)Nc1c(CCN(C)CCF)n(C)n(-c2ccccc2)c1=O. The van der Waals surface area contributed by atoms with Crippen molar-refractivity contribution in [1.29, 1.82) is 0 Å². The van der Waals surface area contributed by atoms with Gasteiger partial charge < -0.3 is 20.3 Å². The summed E-state index contributed by atoms with van der Waals surface area (Å²) in [5, 5.41) is 5.36. The van der Waals surface area contributed by atoms with Crippen LogP contribution in [0.5, 0.6) is 5.75 Å². The second-order valence-electron chi connectivity index (χ2n) is 10.8. The van der Waals surface area contributed by atoms with Crippen molar-refractivity contribution in [2.45, 2.75) is 33.6 Å². The first kappa shape index (κ1) is 32.8. The van der Waals surface area contributed by atoms with Gasteiger partial charge in [-0.25, -0.2) is 13.5 Å². The Bertz CT molecular complexity index is 1460. The third kappa shape index (κ3) is 8.19. The molecule has 0 saturated heterocycles. The van der Waals surface area contributed by atoms with E-state index in [1.807, 2.05) is 23.1 Å². The van der Waals surface area contributed by atoms with Crippen LogP contribution in [0.3, 0.4) is 0 Å². The molecule has 0 atom stereocenters. The minimum absolute atomic E-state index is 0.0172. The molecule has 2 aromatic carbocycles. The normalized spacial score (nSPS) is 11.5. The lowest BCUT2D eigenvalue weighted by molar-refractivity contribution is -0.118. The van der Waals surface area contributed by atoms with Gasteiger partial charge >= 0.3 is 0 Å². The summed E-state index contributed by atoms with van der Waals surface area (Å²) in [4.78, 5) is 41.5. The quantitative estimate of drug-likeness (QED) is 0.280. The number of alkyl halides is 1. The van der Waals surface area contributed by atoms with Crippen molar-refractivity contribution in [2.24, 2.45) is 12.5 Å². The summed E-state index contributed by atoms with van der Waals surface area (Å²) in [5.74, 6) is -1.57. The second-order valence-corrected chi connectivity index (χ2v) is 11.2. The van der Waals surface area contributed by atoms with Crippen molar-refractivity contribution < 1.29 is 23.1 Å². The molecular weight excluding hydrogens is 568 g/mol. The van der Waals surface area contributed by atoms with E-state index >= 15 is 0 Å². The van der Waals surface area contributed by atoms with E-state index in [9.17, 15) is 23.2 Å². The fraction of sp³-hybridized carbons (Fsp3) is 0.433. The summed E-state index contributed by atoms with van der Waals surface area (Å²) >= 11 is 5.89. The molecule has 0 aliphatic carbocycles. The number of benzene rings is 2. The second kappa shape index (κ2) is 14.5. The van der Waals surface area contributed by atoms with Gasteiger partial charge in [0, 0.05) is 45.6 Å². The van der Waals surface area contributed by atoms with Crippen LogP contribution in [0.4, 0.5) is 14.5 Å². The number of anilines is 1. The first-order valence-corrected chi connectivity index (χ1v) is 14.1. The van der Waals surface area contributed by atoms with Crippen molar-refractivity contribution in [3.63, 3.8) is 0 Å². The Hall–Kier alpha value is -3.70. The van der Waals surface area contributed by atoms with Gasteiger partial charge in [-0.2, -0.15) is 0 Å². The number of carbonyl (C=O) groups is 2. The van der Waals surface area contributed by atoms with Gasteiger partial charge in [0.05, 0.1) is 28.6 Å². The maximum atomic E-state index is 13.9. The van der Waals surface area contributed by atoms with Crippen LogP contribution in [-0.2, 0) is 18.3 Å². The maximum absolute atomic E-state index is 13.9. The van der Waals surface area contributed by atoms with E-state index in [0.717, 1.165) is 6.07 Å². The Kier molecular flexibility index (Phi) is 11.3. The summed E-state index contributed by atoms with van der Waals surface area (Å²) in [7, 11) is 3.53. The third-order valence-electron chi connectivity index (χ3n) is 6.78. The smallest absolute Gasteiger partial charge is 0.295 e. The van der Waals surface area contributed by atoms with Gasteiger partial charge in [-0.1, -0.05) is 43.6 Å². The van der Waals surface area contributed by atoms with Crippen LogP contribution in [-0.4, -0.2) is 66.0 Å². The highest BCUT2D eigenvalue weighted by atomic mass is 35.5. The standard InChI is InChI=1S/C30H38ClF2N5O4/c1-6-42-25-17-23(33)22(31)16-21(25)28(40)34-19-30(2,3)18-26(39)35-27-24(12-14-36(4)15-13-32)37(5)38(29(27)41)20-10-8-7-9-11-20/h7-11,16-17H,6,12-15,18-19H2,1-5H3,(H,34,40)(H,35,39). The van der Waals surface area contributed by atoms with Crippen LogP contribution in [0.1, 0.15) is 43.2 Å². The van der Waals surface area contributed by atoms with Crippen LogP contribution in [0.25, 0.3) is 5.69 Å². The van der Waals surface area contributed by atoms with Crippen LogP contribution in [0, 0.1) is 11.2 Å². The lowest BCUT2D eigenvalue weighted by Gasteiger charge is -2.24. The molecule has 1 heterocycles. The molecule has 0 spiro atoms. The van der Waals surface area contributed by atoms with Crippen molar-refractivity contribution >= 4 is 29.1 Å². The Morgan fingerprint density at radius 1 is 1.14 bits per heavy atom. The highest BCUT2D eigenvalue weighted by molar-refractivity contribution is 6.31. The van der Waals surface area contributed by atoms with Crippen molar-refractivity contribution in [2.75, 3.05) is 45.3 Å². The first-order valence-electron chi connectivity index (χ1n) is 13.7. The van der Waals surface area contributed by atoms with Crippen molar-refractivity contribution in [3.05, 3.63) is 74.9 Å². The molecule has 0 aliphatic heterocycles. The molecule has 42 heavy (non-hydrogen) atoms. The summed E-state index contributed by atoms with van der Waals surface area (Å²) < 4.78 is 35.3. The maximum Gasteiger partial charge on any atom is 0.295 e. The largest absolute Gasteiger partial charge is 0.493 e. The van der Waals surface area contributed by atoms with Gasteiger partial charge in [0.2, 0.25) is 5.91 Å². The zero-order valence-corrected chi connectivity index (χ0v) is 25.4. The van der Waals surface area contributed by atoms with Crippen LogP contribution < -0.4 is 20.9 Å². The predicted molar refractivity (Wildman–Crippen MR) is 160 cm³/mol. The number of hydrogen-bond acceptors (Lipinski definition) is 5. The fourth-order valence-corrected chi connectivity index (χ4v) is 4.71. The van der Waals surface area contributed by atoms with Gasteiger partial charge in [0.1, 0.15) is 23.9 Å². The predicted octanol–water partition coefficient (Wildman–Crippen LogP) is 4.60. The minimum Gasteiger partial charge on any atom is -0.493 e. The molecule has 12 heteroatoms. The van der Waals surface area contributed by atoms with Gasteiger partial charge in [0.15, 0.2) is 0 Å². The molecule has 0 bridgehead atoms. The van der Waals surface area contributed by atoms with Gasteiger partial charge in [-0.3, -0.25) is 19.1 Å². The number of carbonyl (C=O) groups excluding carboxylic acids is 2. The van der Waals surface area contributed by atoms with Crippen LogP contribution in [0.2, 0.25) is 5.02 Å². The number of aromatic nitrogens is 2. The highest BCUT2D eigenvalue weighted by Gasteiger charge is 2.27. The number of nitrogens with zero attached hydrogens (tertiary/aromatic N) is 3. The number of likely N-dealkylation sites (N-methyl/N-ethyl adjacent to an activating group) is 1. The molecule has 2 N–H and O–H groups in total. The van der Waals surface area contributed by atoms with E-state index in [-0.39, 0.29) is 53.7 Å². The summed E-state index contributed by atoms with van der Waals surface area (Å²) in [6.07, 6.45) is 0.385. The number of ether oxygens (including phenoxy) is 1. The van der Waals surface area contributed by atoms with Gasteiger partial charge in [0.25, 0.3) is 11.5 Å². The summed E-state index contributed by atoms with van der Waals surface area (Å²) in [5.41, 5.74) is 0.371. The van der Waals surface area contributed by atoms with E-state index < -0.39 is 29.7 Å². The lowest BCUT2D eigenvalue weighted by atomic mass is 9.88. The molecule has 0 radical (unpaired) electrons. The summed E-state index contributed by atoms with van der Waals surface area (Å²) in [6.45, 7) is 5.89. The Morgan fingerprint density at radius 2 is 1.83 bits per heavy atom. The van der Waals surface area contributed by atoms with E-state index in [1.54, 1.807) is 51.7 Å². The third-order valence-corrected chi connectivity index (χ3v) is 7.07. The monoisotopic (exact) mass is 605 g/mol. The average Bonchev–Trinajstić information content (AvgIpc) is 3.16. The Labute approximate surface area is 249 Å². The van der Waals surface area contributed by atoms with E-state index in [1.165, 1.54) is 10.7 Å². The molecule has 9 nitrogen and oxygen atoms in total. The van der Waals surface area contributed by atoms with Crippen LogP contribution in [0.15, 0.2) is 47.3 Å². The molecule has 1 aromatic heterocycles. The molecule has 2 amide bonds. The van der Waals surface area contributed by atoms with E-state index in [0.29, 0.717) is 24.3 Å². The number of halogens is 3.